The van der Waals surface area contributed by atoms with E-state index in [1.54, 1.807) is 54.1 Å². The number of carbonyl (C=O) groups is 1. The number of fused-ring (bicyclic) bond motifs is 1. The monoisotopic (exact) mass is 480 g/mol. The van der Waals surface area contributed by atoms with Crippen LogP contribution in [-0.4, -0.2) is 47.2 Å². The lowest BCUT2D eigenvalue weighted by molar-refractivity contribution is 0.102. The number of ether oxygens (including phenoxy) is 1. The number of benzene rings is 1. The zero-order valence-corrected chi connectivity index (χ0v) is 19.6. The van der Waals surface area contributed by atoms with Gasteiger partial charge in [0.25, 0.3) is 5.91 Å². The summed E-state index contributed by atoms with van der Waals surface area (Å²) in [7, 11) is -3.13. The smallest absolute Gasteiger partial charge is 0.256 e. The van der Waals surface area contributed by atoms with Crippen LogP contribution in [0.1, 0.15) is 35.4 Å². The third kappa shape index (κ3) is 4.16. The van der Waals surface area contributed by atoms with Gasteiger partial charge in [-0.25, -0.2) is 18.1 Å². The van der Waals surface area contributed by atoms with Crippen molar-refractivity contribution in [3.63, 3.8) is 0 Å². The molecule has 1 aliphatic heterocycles. The summed E-state index contributed by atoms with van der Waals surface area (Å²) in [6.45, 7) is 4.26. The normalized spacial score (nSPS) is 17.2. The van der Waals surface area contributed by atoms with Crippen molar-refractivity contribution in [2.45, 2.75) is 26.3 Å². The molecule has 1 fully saturated rings. The Kier molecular flexibility index (Phi) is 5.60. The average molecular weight is 481 g/mol. The summed E-state index contributed by atoms with van der Waals surface area (Å²) in [5.74, 6) is 1.01. The molecule has 4 aromatic rings. The van der Waals surface area contributed by atoms with Crippen molar-refractivity contribution >= 4 is 32.5 Å². The zero-order chi connectivity index (χ0) is 23.9. The Morgan fingerprint density at radius 3 is 2.71 bits per heavy atom. The first-order valence-electron chi connectivity index (χ1n) is 11.0. The molecule has 0 aliphatic carbocycles. The molecule has 1 saturated heterocycles. The van der Waals surface area contributed by atoms with Crippen molar-refractivity contribution in [3.05, 3.63) is 60.0 Å². The Morgan fingerprint density at radius 2 is 2.06 bits per heavy atom. The first kappa shape index (κ1) is 22.1. The van der Waals surface area contributed by atoms with E-state index in [9.17, 15) is 13.2 Å². The van der Waals surface area contributed by atoms with Crippen LogP contribution in [0.4, 0.5) is 5.69 Å². The second-order valence-electron chi connectivity index (χ2n) is 8.23. The molecule has 1 amide bonds. The number of aryl methyl sites for hydroxylation is 1. The highest BCUT2D eigenvalue weighted by atomic mass is 32.2. The van der Waals surface area contributed by atoms with Crippen molar-refractivity contribution in [2.75, 3.05) is 23.4 Å². The van der Waals surface area contributed by atoms with E-state index in [0.717, 1.165) is 5.75 Å². The summed E-state index contributed by atoms with van der Waals surface area (Å²) < 4.78 is 36.8. The molecule has 34 heavy (non-hydrogen) atoms. The van der Waals surface area contributed by atoms with Crippen LogP contribution in [0, 0.1) is 6.92 Å². The summed E-state index contributed by atoms with van der Waals surface area (Å²) in [5, 5.41) is 8.12. The lowest BCUT2D eigenvalue weighted by atomic mass is 10.1. The van der Waals surface area contributed by atoms with Gasteiger partial charge in [0.05, 0.1) is 47.1 Å². The minimum Gasteiger partial charge on any atom is -0.494 e. The van der Waals surface area contributed by atoms with E-state index in [4.69, 9.17) is 14.1 Å². The standard InChI is InChI=1S/C24H24N4O5S/c1-3-32-18-8-6-16(7-9-18)25-24(29)19-13-20(21-5-4-11-33-21)26-23-22(19)15(2)27-28(23)17-10-12-34(30,31)14-17/h4-9,11,13,17H,3,10,12,14H2,1-2H3,(H,25,29). The first-order valence-corrected chi connectivity index (χ1v) is 12.8. The highest BCUT2D eigenvalue weighted by Gasteiger charge is 2.32. The van der Waals surface area contributed by atoms with Crippen LogP contribution in [0.2, 0.25) is 0 Å². The molecule has 1 N–H and O–H groups in total. The van der Waals surface area contributed by atoms with Crippen LogP contribution < -0.4 is 10.1 Å². The van der Waals surface area contributed by atoms with Gasteiger partial charge >= 0.3 is 0 Å². The van der Waals surface area contributed by atoms with Crippen molar-refractivity contribution in [1.29, 1.82) is 0 Å². The molecule has 5 rings (SSSR count). The topological polar surface area (TPSA) is 116 Å². The van der Waals surface area contributed by atoms with Crippen molar-refractivity contribution in [1.82, 2.24) is 14.8 Å². The van der Waals surface area contributed by atoms with Gasteiger partial charge in [0.15, 0.2) is 21.2 Å². The number of nitrogens with one attached hydrogen (secondary N) is 1. The van der Waals surface area contributed by atoms with Gasteiger partial charge in [0.2, 0.25) is 0 Å². The molecule has 1 unspecified atom stereocenters. The zero-order valence-electron chi connectivity index (χ0n) is 18.8. The fourth-order valence-electron chi connectivity index (χ4n) is 4.27. The van der Waals surface area contributed by atoms with Gasteiger partial charge in [0.1, 0.15) is 11.4 Å². The molecule has 9 nitrogen and oxygen atoms in total. The van der Waals surface area contributed by atoms with E-state index in [0.29, 0.717) is 52.5 Å². The molecule has 0 spiro atoms. The Bertz CT molecular complexity index is 1460. The summed E-state index contributed by atoms with van der Waals surface area (Å²) in [6, 6.07) is 12.0. The third-order valence-corrected chi connectivity index (χ3v) is 7.58. The molecule has 1 aliphatic rings. The van der Waals surface area contributed by atoms with Gasteiger partial charge in [-0.15, -0.1) is 0 Å². The molecule has 10 heteroatoms. The summed E-state index contributed by atoms with van der Waals surface area (Å²) in [6.07, 6.45) is 1.99. The van der Waals surface area contributed by atoms with E-state index < -0.39 is 9.84 Å². The van der Waals surface area contributed by atoms with E-state index in [1.807, 2.05) is 6.92 Å². The fraction of sp³-hybridized carbons (Fsp3) is 0.292. The first-order chi connectivity index (χ1) is 16.3. The molecule has 176 valence electrons. The number of rotatable bonds is 6. The lowest BCUT2D eigenvalue weighted by Crippen LogP contribution is -2.15. The number of sulfone groups is 1. The predicted molar refractivity (Wildman–Crippen MR) is 128 cm³/mol. The largest absolute Gasteiger partial charge is 0.494 e. The van der Waals surface area contributed by atoms with Crippen molar-refractivity contribution in [3.8, 4) is 17.2 Å². The average Bonchev–Trinajstić information content (AvgIpc) is 3.54. The SMILES string of the molecule is CCOc1ccc(NC(=O)c2cc(-c3ccco3)nc3c2c(C)nn3C2CCS(=O)(=O)C2)cc1. The third-order valence-electron chi connectivity index (χ3n) is 5.83. The molecule has 0 radical (unpaired) electrons. The summed E-state index contributed by atoms with van der Waals surface area (Å²) >= 11 is 0. The number of amides is 1. The van der Waals surface area contributed by atoms with Crippen molar-refractivity contribution < 1.29 is 22.4 Å². The van der Waals surface area contributed by atoms with Crippen LogP contribution in [0.5, 0.6) is 5.75 Å². The molecule has 4 heterocycles. The van der Waals surface area contributed by atoms with E-state index >= 15 is 0 Å². The molecule has 0 saturated carbocycles. The predicted octanol–water partition coefficient (Wildman–Crippen LogP) is 4.01. The fourth-order valence-corrected chi connectivity index (χ4v) is 5.96. The van der Waals surface area contributed by atoms with Crippen LogP contribution in [0.3, 0.4) is 0 Å². The number of hydrogen-bond donors (Lipinski definition) is 1. The number of hydrogen-bond acceptors (Lipinski definition) is 7. The number of furan rings is 1. The number of carbonyl (C=O) groups excluding carboxylic acids is 1. The van der Waals surface area contributed by atoms with E-state index in [1.165, 1.54) is 6.26 Å². The maximum Gasteiger partial charge on any atom is 0.256 e. The van der Waals surface area contributed by atoms with E-state index in [2.05, 4.69) is 10.4 Å². The van der Waals surface area contributed by atoms with Gasteiger partial charge in [0, 0.05) is 5.69 Å². The Labute approximate surface area is 196 Å². The van der Waals surface area contributed by atoms with Gasteiger partial charge in [-0.2, -0.15) is 5.10 Å². The second kappa shape index (κ2) is 8.60. The number of nitrogens with zero attached hydrogens (tertiary/aromatic N) is 3. The molecule has 1 aromatic carbocycles. The van der Waals surface area contributed by atoms with Crippen LogP contribution >= 0.6 is 0 Å². The molecule has 3 aromatic heterocycles. The Morgan fingerprint density at radius 1 is 1.26 bits per heavy atom. The van der Waals surface area contributed by atoms with Gasteiger partial charge in [-0.1, -0.05) is 0 Å². The van der Waals surface area contributed by atoms with Crippen LogP contribution in [0.25, 0.3) is 22.5 Å². The van der Waals surface area contributed by atoms with Crippen LogP contribution in [-0.2, 0) is 9.84 Å². The van der Waals surface area contributed by atoms with Gasteiger partial charge in [-0.3, -0.25) is 4.79 Å². The number of aromatic nitrogens is 3. The highest BCUT2D eigenvalue weighted by Crippen LogP contribution is 2.32. The molecule has 1 atom stereocenters. The number of anilines is 1. The Balaban J connectivity index is 1.59. The highest BCUT2D eigenvalue weighted by molar-refractivity contribution is 7.91. The number of pyridine rings is 1. The quantitative estimate of drug-likeness (QED) is 0.443. The Hall–Kier alpha value is -3.66. The van der Waals surface area contributed by atoms with Crippen LogP contribution in [0.15, 0.2) is 53.1 Å². The van der Waals surface area contributed by atoms with Gasteiger partial charge in [-0.05, 0) is 62.7 Å². The molecule has 0 bridgehead atoms. The molecular formula is C24H24N4O5S. The van der Waals surface area contributed by atoms with E-state index in [-0.39, 0.29) is 23.5 Å². The summed E-state index contributed by atoms with van der Waals surface area (Å²) in [4.78, 5) is 18.1. The lowest BCUT2D eigenvalue weighted by Gasteiger charge is -2.12. The second-order valence-corrected chi connectivity index (χ2v) is 10.5. The minimum absolute atomic E-state index is 0.00356. The van der Waals surface area contributed by atoms with Gasteiger partial charge < -0.3 is 14.5 Å². The minimum atomic E-state index is -3.13. The maximum atomic E-state index is 13.4. The summed E-state index contributed by atoms with van der Waals surface area (Å²) in [5.41, 5.74) is 2.54. The maximum absolute atomic E-state index is 13.4. The molecular weight excluding hydrogens is 456 g/mol. The van der Waals surface area contributed by atoms with Crippen molar-refractivity contribution in [2.24, 2.45) is 0 Å².